The van der Waals surface area contributed by atoms with Crippen LogP contribution >= 0.6 is 0 Å². The number of hydrogen-bond donors (Lipinski definition) is 1. The van der Waals surface area contributed by atoms with Crippen molar-refractivity contribution in [3.63, 3.8) is 0 Å². The third-order valence-electron chi connectivity index (χ3n) is 3.53. The van der Waals surface area contributed by atoms with E-state index < -0.39 is 11.5 Å². The van der Waals surface area contributed by atoms with E-state index in [1.54, 1.807) is 6.92 Å². The zero-order chi connectivity index (χ0) is 10.4. The summed E-state index contributed by atoms with van der Waals surface area (Å²) in [4.78, 5) is 13.1. The van der Waals surface area contributed by atoms with Crippen LogP contribution < -0.4 is 0 Å². The van der Waals surface area contributed by atoms with Crippen molar-refractivity contribution in [1.82, 2.24) is 4.90 Å². The van der Waals surface area contributed by atoms with Crippen molar-refractivity contribution in [3.8, 4) is 0 Å². The van der Waals surface area contributed by atoms with Gasteiger partial charge in [0.25, 0.3) is 0 Å². The maximum Gasteiger partial charge on any atom is 0.329 e. The first-order chi connectivity index (χ1) is 5.72. The molecule has 13 heavy (non-hydrogen) atoms. The second kappa shape index (κ2) is 2.69. The molecule has 2 atom stereocenters. The van der Waals surface area contributed by atoms with Crippen molar-refractivity contribution in [3.05, 3.63) is 0 Å². The molecule has 2 unspecified atom stereocenters. The molecule has 0 bridgehead atoms. The Morgan fingerprint density at radius 2 is 2.08 bits per heavy atom. The second-order valence-electron chi connectivity index (χ2n) is 4.76. The summed E-state index contributed by atoms with van der Waals surface area (Å²) < 4.78 is 0.735. The second-order valence-corrected chi connectivity index (χ2v) is 4.76. The fourth-order valence-electron chi connectivity index (χ4n) is 2.14. The first-order valence-electron chi connectivity index (χ1n) is 4.51. The van der Waals surface area contributed by atoms with Crippen LogP contribution in [0, 0.1) is 0 Å². The van der Waals surface area contributed by atoms with Crippen molar-refractivity contribution >= 4 is 5.97 Å². The van der Waals surface area contributed by atoms with Crippen LogP contribution in [0.1, 0.15) is 13.8 Å². The van der Waals surface area contributed by atoms with E-state index in [0.717, 1.165) is 4.48 Å². The molecule has 0 aromatic carbocycles. The molecule has 0 amide bonds. The number of carboxylic acid groups (broad SMARTS) is 1. The van der Waals surface area contributed by atoms with E-state index >= 15 is 0 Å². The van der Waals surface area contributed by atoms with Gasteiger partial charge in [-0.1, -0.05) is 0 Å². The van der Waals surface area contributed by atoms with E-state index in [9.17, 15) is 4.79 Å². The number of aliphatic carboxylic acids is 1. The van der Waals surface area contributed by atoms with E-state index in [1.165, 1.54) is 0 Å². The number of quaternary nitrogens is 1. The lowest BCUT2D eigenvalue weighted by molar-refractivity contribution is -0.906. The van der Waals surface area contributed by atoms with Crippen molar-refractivity contribution in [2.45, 2.75) is 25.6 Å². The zero-order valence-electron chi connectivity index (χ0n) is 9.03. The highest BCUT2D eigenvalue weighted by atomic mass is 16.4. The van der Waals surface area contributed by atoms with Crippen molar-refractivity contribution in [2.75, 3.05) is 27.7 Å². The normalized spacial score (nSPS) is 39.3. The summed E-state index contributed by atoms with van der Waals surface area (Å²) >= 11 is 0. The number of hydrogen-bond acceptors (Lipinski definition) is 2. The minimum Gasteiger partial charge on any atom is -0.480 e. The van der Waals surface area contributed by atoms with E-state index in [-0.39, 0.29) is 6.17 Å². The summed E-state index contributed by atoms with van der Waals surface area (Å²) in [6.07, 6.45) is 0.251. The van der Waals surface area contributed by atoms with Gasteiger partial charge >= 0.3 is 5.97 Å². The molecule has 4 heteroatoms. The summed E-state index contributed by atoms with van der Waals surface area (Å²) in [6, 6.07) is 0. The lowest BCUT2D eigenvalue weighted by Gasteiger charge is -2.30. The molecular weight excluding hydrogens is 168 g/mol. The Kier molecular flexibility index (Phi) is 2.16. The molecule has 4 nitrogen and oxygen atoms in total. The van der Waals surface area contributed by atoms with Crippen LogP contribution in [0.4, 0.5) is 0 Å². The van der Waals surface area contributed by atoms with Crippen LogP contribution in [0.3, 0.4) is 0 Å². The molecular formula is C9H19N2O2+. The third-order valence-corrected chi connectivity index (χ3v) is 3.53. The Bertz CT molecular complexity index is 240. The van der Waals surface area contributed by atoms with Gasteiger partial charge in [-0.3, -0.25) is 0 Å². The molecule has 1 fully saturated rings. The topological polar surface area (TPSA) is 40.5 Å². The van der Waals surface area contributed by atoms with Crippen molar-refractivity contribution in [1.29, 1.82) is 0 Å². The summed E-state index contributed by atoms with van der Waals surface area (Å²) in [7, 11) is 6.01. The Hall–Kier alpha value is -0.610. The predicted molar refractivity (Wildman–Crippen MR) is 50.2 cm³/mol. The van der Waals surface area contributed by atoms with E-state index in [0.29, 0.717) is 6.54 Å². The Labute approximate surface area is 79.3 Å². The highest BCUT2D eigenvalue weighted by Gasteiger charge is 2.55. The van der Waals surface area contributed by atoms with Gasteiger partial charge in [-0.2, -0.15) is 0 Å². The van der Waals surface area contributed by atoms with Crippen LogP contribution in [-0.2, 0) is 4.79 Å². The monoisotopic (exact) mass is 187 g/mol. The predicted octanol–water partition coefficient (Wildman–Crippen LogP) is 0.198. The first kappa shape index (κ1) is 10.5. The van der Waals surface area contributed by atoms with Gasteiger partial charge in [-0.05, 0) is 14.0 Å². The quantitative estimate of drug-likeness (QED) is 0.596. The van der Waals surface area contributed by atoms with Crippen LogP contribution in [0.2, 0.25) is 0 Å². The highest BCUT2D eigenvalue weighted by Crippen LogP contribution is 2.31. The average Bonchev–Trinajstić information content (AvgIpc) is 2.13. The Morgan fingerprint density at radius 3 is 2.23 bits per heavy atom. The summed E-state index contributed by atoms with van der Waals surface area (Å²) in [6.45, 7) is 4.51. The molecule has 1 N–H and O–H groups in total. The molecule has 1 aliphatic heterocycles. The fraction of sp³-hybridized carbons (Fsp3) is 0.889. The largest absolute Gasteiger partial charge is 0.480 e. The van der Waals surface area contributed by atoms with Gasteiger partial charge in [-0.25, -0.2) is 9.69 Å². The molecule has 1 aliphatic rings. The van der Waals surface area contributed by atoms with Crippen LogP contribution in [0.15, 0.2) is 0 Å². The van der Waals surface area contributed by atoms with Gasteiger partial charge in [0.1, 0.15) is 12.7 Å². The van der Waals surface area contributed by atoms with Gasteiger partial charge in [0.15, 0.2) is 5.54 Å². The summed E-state index contributed by atoms with van der Waals surface area (Å²) in [5.74, 6) is -0.731. The number of likely N-dealkylation sites (N-methyl/N-ethyl adjacent to an activating group) is 2. The SMILES string of the molecule is CC1N(C)C(C)(C(=O)O)C[N+]1(C)C. The number of carbonyl (C=O) groups is 1. The Balaban J connectivity index is 3.02. The molecule has 0 spiro atoms. The number of nitrogens with zero attached hydrogens (tertiary/aromatic N) is 2. The fourth-order valence-corrected chi connectivity index (χ4v) is 2.14. The average molecular weight is 187 g/mol. The standard InChI is InChI=1S/C9H18N2O2/c1-7-10(3)9(2,8(12)13)6-11(7,4)5/h7H,6H2,1-5H3/p+1. The maximum atomic E-state index is 11.1. The van der Waals surface area contributed by atoms with Crippen LogP contribution in [0.25, 0.3) is 0 Å². The van der Waals surface area contributed by atoms with Gasteiger partial charge in [-0.15, -0.1) is 0 Å². The molecule has 1 heterocycles. The first-order valence-corrected chi connectivity index (χ1v) is 4.51. The molecule has 0 aromatic rings. The summed E-state index contributed by atoms with van der Waals surface area (Å²) in [5.41, 5.74) is -0.719. The van der Waals surface area contributed by atoms with Crippen LogP contribution in [0.5, 0.6) is 0 Å². The number of carboxylic acids is 1. The van der Waals surface area contributed by atoms with Crippen molar-refractivity contribution in [2.24, 2.45) is 0 Å². The van der Waals surface area contributed by atoms with E-state index in [1.807, 2.05) is 11.9 Å². The molecule has 0 aliphatic carbocycles. The molecule has 0 aromatic heterocycles. The molecule has 1 saturated heterocycles. The van der Waals surface area contributed by atoms with Gasteiger partial charge in [0, 0.05) is 6.92 Å². The lowest BCUT2D eigenvalue weighted by Crippen LogP contribution is -2.49. The minimum atomic E-state index is -0.731. The smallest absolute Gasteiger partial charge is 0.329 e. The van der Waals surface area contributed by atoms with Crippen molar-refractivity contribution < 1.29 is 14.4 Å². The summed E-state index contributed by atoms with van der Waals surface area (Å²) in [5, 5.41) is 9.14. The minimum absolute atomic E-state index is 0.251. The molecule has 76 valence electrons. The van der Waals surface area contributed by atoms with E-state index in [4.69, 9.17) is 5.11 Å². The van der Waals surface area contributed by atoms with E-state index in [2.05, 4.69) is 21.0 Å². The highest BCUT2D eigenvalue weighted by molar-refractivity contribution is 5.78. The lowest BCUT2D eigenvalue weighted by atomic mass is 10.0. The van der Waals surface area contributed by atoms with Gasteiger partial charge in [0.05, 0.1) is 14.1 Å². The third kappa shape index (κ3) is 1.34. The van der Waals surface area contributed by atoms with Crippen LogP contribution in [-0.4, -0.2) is 59.9 Å². The molecule has 0 radical (unpaired) electrons. The Morgan fingerprint density at radius 1 is 1.62 bits per heavy atom. The molecule has 0 saturated carbocycles. The van der Waals surface area contributed by atoms with Gasteiger partial charge < -0.3 is 9.59 Å². The number of rotatable bonds is 1. The van der Waals surface area contributed by atoms with Gasteiger partial charge in [0.2, 0.25) is 0 Å². The maximum absolute atomic E-state index is 11.1. The molecule has 1 rings (SSSR count). The zero-order valence-corrected chi connectivity index (χ0v) is 9.03.